The van der Waals surface area contributed by atoms with E-state index in [1.54, 1.807) is 19.2 Å². The molecule has 0 saturated heterocycles. The molecule has 138 valence electrons. The van der Waals surface area contributed by atoms with Crippen molar-refractivity contribution in [2.45, 2.75) is 33.2 Å². The quantitative estimate of drug-likeness (QED) is 0.372. The maximum Gasteiger partial charge on any atom is 0.411 e. The van der Waals surface area contributed by atoms with Gasteiger partial charge >= 0.3 is 6.18 Å². The van der Waals surface area contributed by atoms with Gasteiger partial charge in [0.05, 0.1) is 6.61 Å². The number of aliphatic imine (C=N–C) groups is 1. The van der Waals surface area contributed by atoms with Gasteiger partial charge < -0.3 is 15.4 Å². The fraction of sp³-hybridized carbons (Fsp3) is 0.562. The Morgan fingerprint density at radius 1 is 1.21 bits per heavy atom. The number of nitrogens with zero attached hydrogens (tertiary/aromatic N) is 1. The molecule has 0 radical (unpaired) electrons. The Hall–Kier alpha value is -1.03. The van der Waals surface area contributed by atoms with E-state index in [1.165, 1.54) is 0 Å². The molecule has 1 aromatic carbocycles. The summed E-state index contributed by atoms with van der Waals surface area (Å²) in [7, 11) is 1.69. The Morgan fingerprint density at radius 3 is 2.46 bits per heavy atom. The summed E-state index contributed by atoms with van der Waals surface area (Å²) in [6, 6.07) is 7.26. The van der Waals surface area contributed by atoms with Gasteiger partial charge in [0.15, 0.2) is 5.96 Å². The first kappa shape index (κ1) is 23.0. The van der Waals surface area contributed by atoms with Gasteiger partial charge in [-0.15, -0.1) is 24.0 Å². The molecule has 0 heterocycles. The molecule has 0 aromatic heterocycles. The maximum absolute atomic E-state index is 12.1. The molecule has 0 aliphatic rings. The molecule has 0 fully saturated rings. The van der Waals surface area contributed by atoms with E-state index in [9.17, 15) is 13.2 Å². The van der Waals surface area contributed by atoms with Gasteiger partial charge in [-0.25, -0.2) is 0 Å². The molecule has 24 heavy (non-hydrogen) atoms. The number of alkyl halides is 3. The minimum absolute atomic E-state index is 0. The van der Waals surface area contributed by atoms with E-state index in [0.29, 0.717) is 24.0 Å². The second-order valence-electron chi connectivity index (χ2n) is 5.63. The van der Waals surface area contributed by atoms with Crippen molar-refractivity contribution < 1.29 is 17.9 Å². The van der Waals surface area contributed by atoms with Crippen molar-refractivity contribution in [2.75, 3.05) is 20.2 Å². The summed E-state index contributed by atoms with van der Waals surface area (Å²) in [6.07, 6.45) is -4.30. The molecule has 8 heteroatoms. The van der Waals surface area contributed by atoms with Crippen LogP contribution < -0.4 is 10.6 Å². The van der Waals surface area contributed by atoms with Crippen LogP contribution in [-0.2, 0) is 17.9 Å². The summed E-state index contributed by atoms with van der Waals surface area (Å²) < 4.78 is 40.9. The molecule has 0 aliphatic heterocycles. The average Bonchev–Trinajstić information content (AvgIpc) is 2.46. The lowest BCUT2D eigenvalue weighted by Gasteiger charge is -2.14. The molecule has 0 bridgehead atoms. The van der Waals surface area contributed by atoms with Gasteiger partial charge in [-0.05, 0) is 17.0 Å². The summed E-state index contributed by atoms with van der Waals surface area (Å²) in [5.41, 5.74) is 1.66. The summed E-state index contributed by atoms with van der Waals surface area (Å²) in [5, 5.41) is 6.36. The second-order valence-corrected chi connectivity index (χ2v) is 5.63. The zero-order chi connectivity index (χ0) is 17.3. The van der Waals surface area contributed by atoms with E-state index >= 15 is 0 Å². The van der Waals surface area contributed by atoms with Crippen molar-refractivity contribution in [3.05, 3.63) is 35.4 Å². The largest absolute Gasteiger partial charge is 0.411 e. The van der Waals surface area contributed by atoms with Gasteiger partial charge in [0.2, 0.25) is 0 Å². The highest BCUT2D eigenvalue weighted by atomic mass is 127. The predicted octanol–water partition coefficient (Wildman–Crippen LogP) is 3.70. The molecule has 0 unspecified atom stereocenters. The normalized spacial score (nSPS) is 12.0. The van der Waals surface area contributed by atoms with Crippen LogP contribution in [0, 0.1) is 5.92 Å². The van der Waals surface area contributed by atoms with Crippen molar-refractivity contribution in [1.82, 2.24) is 10.6 Å². The third-order valence-electron chi connectivity index (χ3n) is 2.89. The van der Waals surface area contributed by atoms with Crippen LogP contribution in [0.1, 0.15) is 25.0 Å². The summed E-state index contributed by atoms with van der Waals surface area (Å²) in [5.74, 6) is 1.19. The lowest BCUT2D eigenvalue weighted by atomic mass is 10.1. The van der Waals surface area contributed by atoms with Crippen molar-refractivity contribution in [3.63, 3.8) is 0 Å². The molecular formula is C16H25F3IN3O. The van der Waals surface area contributed by atoms with E-state index in [2.05, 4.69) is 34.2 Å². The molecule has 0 atom stereocenters. The SMILES string of the molecule is CN=C(NCc1cccc(COCC(F)(F)F)c1)NCC(C)C.I. The van der Waals surface area contributed by atoms with Crippen molar-refractivity contribution >= 4 is 29.9 Å². The Morgan fingerprint density at radius 2 is 1.88 bits per heavy atom. The fourth-order valence-corrected chi connectivity index (χ4v) is 1.82. The van der Waals surface area contributed by atoms with Crippen LogP contribution in [0.4, 0.5) is 13.2 Å². The fourth-order valence-electron chi connectivity index (χ4n) is 1.82. The Bertz CT molecular complexity index is 508. The van der Waals surface area contributed by atoms with E-state index < -0.39 is 12.8 Å². The molecule has 1 rings (SSSR count). The van der Waals surface area contributed by atoms with Crippen LogP contribution in [0.3, 0.4) is 0 Å². The zero-order valence-electron chi connectivity index (χ0n) is 14.1. The van der Waals surface area contributed by atoms with E-state index in [4.69, 9.17) is 0 Å². The van der Waals surface area contributed by atoms with E-state index in [-0.39, 0.29) is 30.6 Å². The highest BCUT2D eigenvalue weighted by molar-refractivity contribution is 14.0. The number of hydrogen-bond acceptors (Lipinski definition) is 2. The molecular weight excluding hydrogens is 434 g/mol. The van der Waals surface area contributed by atoms with Crippen LogP contribution >= 0.6 is 24.0 Å². The molecule has 2 N–H and O–H groups in total. The third-order valence-corrected chi connectivity index (χ3v) is 2.89. The average molecular weight is 459 g/mol. The monoisotopic (exact) mass is 459 g/mol. The number of rotatable bonds is 7. The maximum atomic E-state index is 12.1. The molecule has 0 aliphatic carbocycles. The first-order valence-electron chi connectivity index (χ1n) is 7.47. The Kier molecular flexibility index (Phi) is 11.0. The Balaban J connectivity index is 0.00000529. The molecule has 1 aromatic rings. The van der Waals surface area contributed by atoms with Crippen LogP contribution in [0.2, 0.25) is 0 Å². The summed E-state index contributed by atoms with van der Waals surface area (Å²) in [6.45, 7) is 4.25. The minimum Gasteiger partial charge on any atom is -0.367 e. The van der Waals surface area contributed by atoms with Crippen LogP contribution in [0.5, 0.6) is 0 Å². The van der Waals surface area contributed by atoms with Crippen LogP contribution in [-0.4, -0.2) is 32.3 Å². The van der Waals surface area contributed by atoms with Gasteiger partial charge in [-0.2, -0.15) is 13.2 Å². The number of ether oxygens (including phenoxy) is 1. The first-order chi connectivity index (χ1) is 10.8. The van der Waals surface area contributed by atoms with Gasteiger partial charge in [0.25, 0.3) is 0 Å². The number of benzene rings is 1. The van der Waals surface area contributed by atoms with Crippen molar-refractivity contribution in [3.8, 4) is 0 Å². The summed E-state index contributed by atoms with van der Waals surface area (Å²) >= 11 is 0. The van der Waals surface area contributed by atoms with Gasteiger partial charge in [-0.1, -0.05) is 38.1 Å². The lowest BCUT2D eigenvalue weighted by molar-refractivity contribution is -0.176. The zero-order valence-corrected chi connectivity index (χ0v) is 16.4. The van der Waals surface area contributed by atoms with Crippen molar-refractivity contribution in [1.29, 1.82) is 0 Å². The molecule has 0 amide bonds. The van der Waals surface area contributed by atoms with Gasteiger partial charge in [0.1, 0.15) is 6.61 Å². The van der Waals surface area contributed by atoms with Crippen LogP contribution in [0.15, 0.2) is 29.3 Å². The Labute approximate surface area is 158 Å². The van der Waals surface area contributed by atoms with Gasteiger partial charge in [0, 0.05) is 20.1 Å². The number of hydrogen-bond donors (Lipinski definition) is 2. The highest BCUT2D eigenvalue weighted by Gasteiger charge is 2.27. The second kappa shape index (κ2) is 11.5. The topological polar surface area (TPSA) is 45.7 Å². The minimum atomic E-state index is -4.30. The number of halogens is 4. The number of guanidine groups is 1. The highest BCUT2D eigenvalue weighted by Crippen LogP contribution is 2.16. The molecule has 4 nitrogen and oxygen atoms in total. The van der Waals surface area contributed by atoms with E-state index in [0.717, 1.165) is 12.1 Å². The number of nitrogens with one attached hydrogen (secondary N) is 2. The first-order valence-corrected chi connectivity index (χ1v) is 7.47. The standard InChI is InChI=1S/C16H24F3N3O.HI/c1-12(2)8-21-15(20-3)22-9-13-5-4-6-14(7-13)10-23-11-16(17,18)19;/h4-7,12H,8-11H2,1-3H3,(H2,20,21,22);1H. The van der Waals surface area contributed by atoms with E-state index in [1.807, 2.05) is 12.1 Å². The third kappa shape index (κ3) is 10.7. The van der Waals surface area contributed by atoms with Crippen molar-refractivity contribution in [2.24, 2.45) is 10.9 Å². The lowest BCUT2D eigenvalue weighted by Crippen LogP contribution is -2.38. The summed E-state index contributed by atoms with van der Waals surface area (Å²) in [4.78, 5) is 4.12. The van der Waals surface area contributed by atoms with Gasteiger partial charge in [-0.3, -0.25) is 4.99 Å². The smallest absolute Gasteiger partial charge is 0.367 e. The van der Waals surface area contributed by atoms with Crippen LogP contribution in [0.25, 0.3) is 0 Å². The molecule has 0 saturated carbocycles. The molecule has 0 spiro atoms. The predicted molar refractivity (Wildman–Crippen MR) is 101 cm³/mol.